The summed E-state index contributed by atoms with van der Waals surface area (Å²) in [4.78, 5) is 6.49. The van der Waals surface area contributed by atoms with E-state index in [-0.39, 0.29) is 0 Å². The van der Waals surface area contributed by atoms with Gasteiger partial charge in [-0.3, -0.25) is 4.90 Å². The highest BCUT2D eigenvalue weighted by atomic mass is 32.2. The van der Waals surface area contributed by atoms with Gasteiger partial charge in [-0.05, 0) is 12.8 Å². The lowest BCUT2D eigenvalue weighted by atomic mass is 10.2. The van der Waals surface area contributed by atoms with Gasteiger partial charge in [-0.15, -0.1) is 0 Å². The molecule has 0 bridgehead atoms. The second-order valence-corrected chi connectivity index (χ2v) is 8.38. The minimum Gasteiger partial charge on any atom is -0.339 e. The van der Waals surface area contributed by atoms with E-state index in [0.717, 1.165) is 32.1 Å². The van der Waals surface area contributed by atoms with Crippen molar-refractivity contribution < 1.29 is 12.9 Å². The highest BCUT2D eigenvalue weighted by molar-refractivity contribution is 7.86. The Balaban J connectivity index is 1.53. The van der Waals surface area contributed by atoms with Crippen LogP contribution in [0.2, 0.25) is 0 Å². The van der Waals surface area contributed by atoms with E-state index in [9.17, 15) is 8.42 Å². The van der Waals surface area contributed by atoms with E-state index in [4.69, 9.17) is 4.52 Å². The van der Waals surface area contributed by atoms with Crippen molar-refractivity contribution in [2.24, 2.45) is 0 Å². The van der Waals surface area contributed by atoms with E-state index in [1.165, 1.54) is 0 Å². The smallest absolute Gasteiger partial charge is 0.282 e. The van der Waals surface area contributed by atoms with Crippen LogP contribution in [-0.2, 0) is 23.2 Å². The lowest BCUT2D eigenvalue weighted by molar-refractivity contribution is 0.170. The van der Waals surface area contributed by atoms with Crippen molar-refractivity contribution in [2.75, 3.05) is 39.3 Å². The molecule has 3 rings (SSSR count). The second-order valence-electron chi connectivity index (χ2n) is 6.45. The highest BCUT2D eigenvalue weighted by Gasteiger charge is 2.32. The predicted molar refractivity (Wildman–Crippen MR) is 89.5 cm³/mol. The summed E-state index contributed by atoms with van der Waals surface area (Å²) in [7, 11) is -3.31. The zero-order valence-corrected chi connectivity index (χ0v) is 15.2. The summed E-state index contributed by atoms with van der Waals surface area (Å²) in [6.07, 6.45) is 4.93. The number of nitrogens with zero attached hydrogens (tertiary/aromatic N) is 5. The minimum absolute atomic E-state index is 0.525. The number of aryl methyl sites for hydroxylation is 1. The first kappa shape index (κ1) is 17.8. The summed E-state index contributed by atoms with van der Waals surface area (Å²) in [5.41, 5.74) is 0. The summed E-state index contributed by atoms with van der Waals surface area (Å²) in [5.74, 6) is 1.32. The van der Waals surface area contributed by atoms with Crippen LogP contribution in [0.4, 0.5) is 0 Å². The Bertz CT molecular complexity index is 617. The van der Waals surface area contributed by atoms with Gasteiger partial charge in [0.05, 0.1) is 6.54 Å². The van der Waals surface area contributed by atoms with E-state index in [2.05, 4.69) is 15.0 Å². The molecule has 136 valence electrons. The Morgan fingerprint density at radius 2 is 1.58 bits per heavy atom. The first-order valence-corrected chi connectivity index (χ1v) is 10.3. The van der Waals surface area contributed by atoms with Crippen LogP contribution >= 0.6 is 0 Å². The third kappa shape index (κ3) is 4.14. The van der Waals surface area contributed by atoms with Crippen molar-refractivity contribution in [1.29, 1.82) is 0 Å². The summed E-state index contributed by atoms with van der Waals surface area (Å²) < 4.78 is 34.0. The number of hydrogen-bond donors (Lipinski definition) is 0. The van der Waals surface area contributed by atoms with Crippen LogP contribution in [0.1, 0.15) is 44.3 Å². The molecular formula is C15H27N5O3S. The molecule has 8 nitrogen and oxygen atoms in total. The Morgan fingerprint density at radius 1 is 0.958 bits per heavy atom. The van der Waals surface area contributed by atoms with Gasteiger partial charge in [0.25, 0.3) is 10.2 Å². The summed E-state index contributed by atoms with van der Waals surface area (Å²) in [6, 6.07) is 0. The molecular weight excluding hydrogens is 330 g/mol. The first-order valence-electron chi connectivity index (χ1n) is 8.88. The van der Waals surface area contributed by atoms with Crippen molar-refractivity contribution in [2.45, 2.75) is 45.6 Å². The fraction of sp³-hybridized carbons (Fsp3) is 0.867. The quantitative estimate of drug-likeness (QED) is 0.778. The maximum atomic E-state index is 12.8. The Labute approximate surface area is 144 Å². The largest absolute Gasteiger partial charge is 0.339 e. The summed E-state index contributed by atoms with van der Waals surface area (Å²) >= 11 is 0. The predicted octanol–water partition coefficient (Wildman–Crippen LogP) is 0.870. The molecule has 0 amide bonds. The summed E-state index contributed by atoms with van der Waals surface area (Å²) in [5, 5.41) is 3.96. The number of piperazine rings is 1. The van der Waals surface area contributed by atoms with Gasteiger partial charge in [0.15, 0.2) is 5.82 Å². The average molecular weight is 357 g/mol. The van der Waals surface area contributed by atoms with Crippen LogP contribution in [0.25, 0.3) is 0 Å². The molecule has 0 atom stereocenters. The Hall–Kier alpha value is -1.03. The van der Waals surface area contributed by atoms with Crippen LogP contribution in [0, 0.1) is 0 Å². The summed E-state index contributed by atoms with van der Waals surface area (Å²) in [6.45, 7) is 6.35. The minimum atomic E-state index is -3.31. The van der Waals surface area contributed by atoms with Crippen molar-refractivity contribution in [3.05, 3.63) is 11.7 Å². The van der Waals surface area contributed by atoms with Gasteiger partial charge in [0.2, 0.25) is 5.89 Å². The molecule has 0 spiro atoms. The molecule has 1 aromatic rings. The van der Waals surface area contributed by atoms with Crippen LogP contribution in [0.15, 0.2) is 4.52 Å². The molecule has 24 heavy (non-hydrogen) atoms. The van der Waals surface area contributed by atoms with Gasteiger partial charge in [-0.25, -0.2) is 0 Å². The zero-order valence-electron chi connectivity index (χ0n) is 14.4. The van der Waals surface area contributed by atoms with Gasteiger partial charge in [-0.2, -0.15) is 22.0 Å². The van der Waals surface area contributed by atoms with E-state index in [1.54, 1.807) is 8.61 Å². The number of aromatic nitrogens is 2. The zero-order chi connectivity index (χ0) is 17.0. The van der Waals surface area contributed by atoms with Crippen molar-refractivity contribution in [1.82, 2.24) is 23.7 Å². The van der Waals surface area contributed by atoms with Crippen LogP contribution in [0.5, 0.6) is 0 Å². The molecule has 0 aromatic carbocycles. The van der Waals surface area contributed by atoms with Gasteiger partial charge < -0.3 is 4.52 Å². The van der Waals surface area contributed by atoms with E-state index in [1.807, 2.05) is 6.92 Å². The second kappa shape index (κ2) is 7.90. The van der Waals surface area contributed by atoms with E-state index in [0.29, 0.717) is 57.5 Å². The lowest BCUT2D eigenvalue weighted by Crippen LogP contribution is -2.53. The molecule has 2 aliphatic rings. The van der Waals surface area contributed by atoms with Crippen LogP contribution in [-0.4, -0.2) is 71.3 Å². The molecule has 0 radical (unpaired) electrons. The number of rotatable bonds is 5. The molecule has 3 heterocycles. The fourth-order valence-corrected chi connectivity index (χ4v) is 4.92. The van der Waals surface area contributed by atoms with Gasteiger partial charge in [-0.1, -0.05) is 24.9 Å². The standard InChI is InChI=1S/C15H27N5O3S/c1-2-15-16-14(17-23-15)13-18-9-11-20(12-10-18)24(21,22)19-7-5-3-4-6-8-19/h2-13H2,1H3. The van der Waals surface area contributed by atoms with Crippen LogP contribution < -0.4 is 0 Å². The van der Waals surface area contributed by atoms with Crippen molar-refractivity contribution in [3.63, 3.8) is 0 Å². The fourth-order valence-electron chi connectivity index (χ4n) is 3.25. The monoisotopic (exact) mass is 357 g/mol. The highest BCUT2D eigenvalue weighted by Crippen LogP contribution is 2.18. The molecule has 0 N–H and O–H groups in total. The van der Waals surface area contributed by atoms with Crippen LogP contribution in [0.3, 0.4) is 0 Å². The third-order valence-electron chi connectivity index (χ3n) is 4.73. The first-order chi connectivity index (χ1) is 11.6. The molecule has 2 saturated heterocycles. The molecule has 1 aromatic heterocycles. The maximum absolute atomic E-state index is 12.8. The van der Waals surface area contributed by atoms with Gasteiger partial charge in [0, 0.05) is 45.7 Å². The molecule has 2 aliphatic heterocycles. The van der Waals surface area contributed by atoms with E-state index >= 15 is 0 Å². The molecule has 2 fully saturated rings. The maximum Gasteiger partial charge on any atom is 0.282 e. The van der Waals surface area contributed by atoms with Gasteiger partial charge >= 0.3 is 0 Å². The molecule has 9 heteroatoms. The Morgan fingerprint density at radius 3 is 2.17 bits per heavy atom. The van der Waals surface area contributed by atoms with E-state index < -0.39 is 10.2 Å². The lowest BCUT2D eigenvalue weighted by Gasteiger charge is -2.36. The molecule has 0 saturated carbocycles. The third-order valence-corrected chi connectivity index (χ3v) is 6.76. The molecule has 0 unspecified atom stereocenters. The topological polar surface area (TPSA) is 82.8 Å². The Kier molecular flexibility index (Phi) is 5.85. The van der Waals surface area contributed by atoms with Gasteiger partial charge in [0.1, 0.15) is 0 Å². The SMILES string of the molecule is CCc1nc(CN2CCN(S(=O)(=O)N3CCCCCC3)CC2)no1. The van der Waals surface area contributed by atoms with Crippen molar-refractivity contribution in [3.8, 4) is 0 Å². The van der Waals surface area contributed by atoms with Crippen molar-refractivity contribution >= 4 is 10.2 Å². The normalized spacial score (nSPS) is 22.5. The molecule has 0 aliphatic carbocycles. The number of hydrogen-bond acceptors (Lipinski definition) is 6. The average Bonchev–Trinajstić information content (AvgIpc) is 2.86.